The van der Waals surface area contributed by atoms with Crippen molar-refractivity contribution in [1.82, 2.24) is 24.4 Å². The zero-order valence-electron chi connectivity index (χ0n) is 22.0. The van der Waals surface area contributed by atoms with E-state index >= 15 is 0 Å². The molecule has 0 radical (unpaired) electrons. The van der Waals surface area contributed by atoms with Crippen LogP contribution in [-0.2, 0) is 6.54 Å². The molecule has 3 aromatic heterocycles. The Bertz CT molecular complexity index is 1520. The second-order valence-electron chi connectivity index (χ2n) is 10.2. The van der Waals surface area contributed by atoms with E-state index < -0.39 is 6.10 Å². The molecular weight excluding hydrogens is 518 g/mol. The summed E-state index contributed by atoms with van der Waals surface area (Å²) in [6.45, 7) is 4.19. The number of aryl methyl sites for hydroxylation is 1. The first-order valence-corrected chi connectivity index (χ1v) is 13.6. The van der Waals surface area contributed by atoms with E-state index in [1.54, 1.807) is 42.8 Å². The summed E-state index contributed by atoms with van der Waals surface area (Å²) in [5.41, 5.74) is 3.37. The summed E-state index contributed by atoms with van der Waals surface area (Å²) in [5.74, 6) is 0.558. The van der Waals surface area contributed by atoms with Gasteiger partial charge in [-0.3, -0.25) is 18.9 Å². The van der Waals surface area contributed by atoms with Crippen molar-refractivity contribution in [3.63, 3.8) is 0 Å². The second kappa shape index (κ2) is 11.6. The minimum Gasteiger partial charge on any atom is -0.475 e. The fourth-order valence-electron chi connectivity index (χ4n) is 5.18. The number of nitrogens with zero attached hydrogens (tertiary/aromatic N) is 4. The van der Waals surface area contributed by atoms with Crippen LogP contribution >= 0.6 is 11.6 Å². The van der Waals surface area contributed by atoms with Crippen LogP contribution in [0.25, 0.3) is 16.7 Å². The summed E-state index contributed by atoms with van der Waals surface area (Å²) in [4.78, 5) is 34.9. The summed E-state index contributed by atoms with van der Waals surface area (Å²) in [6.07, 6.45) is 6.05. The lowest BCUT2D eigenvalue weighted by molar-refractivity contribution is 0.0919. The Hall–Kier alpha value is -3.69. The number of imidazole rings is 1. The van der Waals surface area contributed by atoms with Gasteiger partial charge in [0, 0.05) is 24.8 Å². The minimum atomic E-state index is -0.595. The van der Waals surface area contributed by atoms with E-state index in [2.05, 4.69) is 15.3 Å². The van der Waals surface area contributed by atoms with E-state index in [4.69, 9.17) is 16.3 Å². The van der Waals surface area contributed by atoms with E-state index in [-0.39, 0.29) is 24.2 Å². The lowest BCUT2D eigenvalue weighted by atomic mass is 9.85. The Morgan fingerprint density at radius 2 is 1.87 bits per heavy atom. The molecule has 39 heavy (non-hydrogen) atoms. The molecule has 1 fully saturated rings. The quantitative estimate of drug-likeness (QED) is 0.339. The van der Waals surface area contributed by atoms with Gasteiger partial charge in [0.15, 0.2) is 0 Å². The van der Waals surface area contributed by atoms with Gasteiger partial charge < -0.3 is 15.2 Å². The molecule has 0 bridgehead atoms. The number of fused-ring (bicyclic) bond motifs is 1. The van der Waals surface area contributed by atoms with Gasteiger partial charge in [-0.1, -0.05) is 23.7 Å². The van der Waals surface area contributed by atoms with E-state index in [0.29, 0.717) is 40.3 Å². The van der Waals surface area contributed by atoms with Gasteiger partial charge in [0.1, 0.15) is 6.61 Å². The fourth-order valence-corrected chi connectivity index (χ4v) is 5.34. The Morgan fingerprint density at radius 3 is 2.56 bits per heavy atom. The highest BCUT2D eigenvalue weighted by atomic mass is 35.5. The molecule has 204 valence electrons. The Labute approximate surface area is 231 Å². The molecule has 1 saturated carbocycles. The van der Waals surface area contributed by atoms with Gasteiger partial charge in [-0.15, -0.1) is 0 Å². The number of hydrogen-bond donors (Lipinski definition) is 2. The van der Waals surface area contributed by atoms with Crippen molar-refractivity contribution in [1.29, 1.82) is 0 Å². The van der Waals surface area contributed by atoms with Gasteiger partial charge in [-0.25, -0.2) is 9.78 Å². The number of amides is 1. The van der Waals surface area contributed by atoms with E-state index in [1.807, 2.05) is 28.8 Å². The molecule has 3 heterocycles. The van der Waals surface area contributed by atoms with Gasteiger partial charge >= 0.3 is 5.69 Å². The zero-order chi connectivity index (χ0) is 27.5. The molecule has 1 aliphatic carbocycles. The Balaban J connectivity index is 1.28. The molecule has 10 heteroatoms. The van der Waals surface area contributed by atoms with Gasteiger partial charge in [-0.05, 0) is 69.7 Å². The van der Waals surface area contributed by atoms with Crippen LogP contribution in [0, 0.1) is 12.8 Å². The van der Waals surface area contributed by atoms with Gasteiger partial charge in [0.25, 0.3) is 5.91 Å². The maximum Gasteiger partial charge on any atom is 0.333 e. The summed E-state index contributed by atoms with van der Waals surface area (Å²) in [7, 11) is 0. The predicted molar refractivity (Wildman–Crippen MR) is 150 cm³/mol. The number of pyridine rings is 2. The number of aliphatic hydroxyl groups excluding tert-OH is 1. The number of nitrogens with one attached hydrogen (secondary N) is 1. The summed E-state index contributed by atoms with van der Waals surface area (Å²) in [6, 6.07) is 13.0. The molecule has 4 aromatic rings. The van der Waals surface area contributed by atoms with Gasteiger partial charge in [0.2, 0.25) is 5.88 Å². The van der Waals surface area contributed by atoms with Crippen LogP contribution in [0.15, 0.2) is 59.7 Å². The maximum atomic E-state index is 13.6. The average Bonchev–Trinajstić information content (AvgIpc) is 3.21. The summed E-state index contributed by atoms with van der Waals surface area (Å²) >= 11 is 6.04. The first-order valence-electron chi connectivity index (χ1n) is 13.2. The number of benzene rings is 1. The van der Waals surface area contributed by atoms with Crippen molar-refractivity contribution < 1.29 is 14.6 Å². The third-order valence-electron chi connectivity index (χ3n) is 7.21. The van der Waals surface area contributed by atoms with E-state index in [9.17, 15) is 14.7 Å². The number of para-hydroxylation sites is 2. The molecule has 0 saturated heterocycles. The molecule has 1 atom stereocenters. The first kappa shape index (κ1) is 26.9. The lowest BCUT2D eigenvalue weighted by Gasteiger charge is -2.29. The molecule has 1 aromatic carbocycles. The highest BCUT2D eigenvalue weighted by Crippen LogP contribution is 2.28. The number of aliphatic hydroxyl groups is 1. The van der Waals surface area contributed by atoms with Crippen LogP contribution in [0.5, 0.6) is 5.88 Å². The zero-order valence-corrected chi connectivity index (χ0v) is 22.8. The molecular formula is C29H32ClN5O4. The third-order valence-corrected chi connectivity index (χ3v) is 7.41. The minimum absolute atomic E-state index is 0.0748. The number of halogens is 1. The normalized spacial score (nSPS) is 18.2. The second-order valence-corrected chi connectivity index (χ2v) is 10.6. The van der Waals surface area contributed by atoms with Crippen LogP contribution in [0.2, 0.25) is 5.02 Å². The van der Waals surface area contributed by atoms with Gasteiger partial charge in [0.05, 0.1) is 45.3 Å². The topological polar surface area (TPSA) is 111 Å². The van der Waals surface area contributed by atoms with Crippen molar-refractivity contribution in [3.8, 4) is 11.6 Å². The molecule has 0 aliphatic heterocycles. The van der Waals surface area contributed by atoms with E-state index in [0.717, 1.165) is 36.7 Å². The monoisotopic (exact) mass is 549 g/mol. The van der Waals surface area contributed by atoms with Crippen molar-refractivity contribution in [3.05, 3.63) is 81.6 Å². The highest BCUT2D eigenvalue weighted by molar-refractivity contribution is 6.30. The Morgan fingerprint density at radius 1 is 1.13 bits per heavy atom. The molecule has 2 N–H and O–H groups in total. The number of carbonyl (C=O) groups is 1. The van der Waals surface area contributed by atoms with Crippen LogP contribution in [-0.4, -0.2) is 48.9 Å². The molecule has 9 nitrogen and oxygen atoms in total. The van der Waals surface area contributed by atoms with Crippen LogP contribution < -0.4 is 15.7 Å². The smallest absolute Gasteiger partial charge is 0.333 e. The Kier molecular flexibility index (Phi) is 7.99. The SMILES string of the molecule is Cc1ncc(Cl)cc1C(=O)NC1CCC(Cn2c(=O)n(-c3ccc(OC[C@H](C)O)nc3)c3ccccc32)CC1. The van der Waals surface area contributed by atoms with Crippen molar-refractivity contribution in [2.45, 2.75) is 58.2 Å². The third kappa shape index (κ3) is 5.99. The lowest BCUT2D eigenvalue weighted by Crippen LogP contribution is -2.39. The standard InChI is InChI=1S/C29H32ClN5O4/c1-18(36)17-39-27-12-11-23(15-32-27)35-26-6-4-3-5-25(26)34(29(35)38)16-20-7-9-22(10-8-20)33-28(37)24-13-21(30)14-31-19(24)2/h3-6,11-15,18,20,22,36H,7-10,16-17H2,1-2H3,(H,33,37)/t18-,20?,22?/m0/s1. The number of aromatic nitrogens is 4. The van der Waals surface area contributed by atoms with Crippen molar-refractivity contribution in [2.24, 2.45) is 5.92 Å². The number of rotatable bonds is 8. The summed E-state index contributed by atoms with van der Waals surface area (Å²) < 4.78 is 8.98. The fraction of sp³-hybridized carbons (Fsp3) is 0.379. The molecule has 1 amide bonds. The van der Waals surface area contributed by atoms with Crippen LogP contribution in [0.4, 0.5) is 0 Å². The maximum absolute atomic E-state index is 13.6. The van der Waals surface area contributed by atoms with Crippen LogP contribution in [0.3, 0.4) is 0 Å². The van der Waals surface area contributed by atoms with Crippen molar-refractivity contribution >= 4 is 28.5 Å². The molecule has 1 aliphatic rings. The molecule has 0 unspecified atom stereocenters. The predicted octanol–water partition coefficient (Wildman–Crippen LogP) is 4.29. The first-order chi connectivity index (χ1) is 18.8. The highest BCUT2D eigenvalue weighted by Gasteiger charge is 2.25. The number of hydrogen-bond acceptors (Lipinski definition) is 6. The van der Waals surface area contributed by atoms with E-state index in [1.165, 1.54) is 6.20 Å². The largest absolute Gasteiger partial charge is 0.475 e. The summed E-state index contributed by atoms with van der Waals surface area (Å²) in [5, 5.41) is 13.0. The molecule has 5 rings (SSSR count). The average molecular weight is 550 g/mol. The van der Waals surface area contributed by atoms with Crippen LogP contribution in [0.1, 0.15) is 48.7 Å². The van der Waals surface area contributed by atoms with Gasteiger partial charge in [-0.2, -0.15) is 0 Å². The van der Waals surface area contributed by atoms with Crippen molar-refractivity contribution in [2.75, 3.05) is 6.61 Å². The number of carbonyl (C=O) groups excluding carboxylic acids is 1. The molecule has 0 spiro atoms. The number of ether oxygens (including phenoxy) is 1.